The minimum absolute atomic E-state index is 0.0181. The van der Waals surface area contributed by atoms with Crippen LogP contribution in [-0.2, 0) is 29.1 Å². The highest BCUT2D eigenvalue weighted by molar-refractivity contribution is 6.36. The Bertz CT molecular complexity index is 3190. The monoisotopic (exact) mass is 1020 g/mol. The predicted octanol–water partition coefficient (Wildman–Crippen LogP) is 6.08. The van der Waals surface area contributed by atoms with Crippen LogP contribution in [0, 0.1) is 17.2 Å². The maximum atomic E-state index is 14.1. The first kappa shape index (κ1) is 50.1. The lowest BCUT2D eigenvalue weighted by Crippen LogP contribution is -2.55. The number of piperazine rings is 2. The highest BCUT2D eigenvalue weighted by atomic mass is 35.5. The molecule has 4 aliphatic rings. The fourth-order valence-electron chi connectivity index (χ4n) is 11.2. The van der Waals surface area contributed by atoms with Gasteiger partial charge in [0, 0.05) is 94.2 Å². The molecule has 3 atom stereocenters. The van der Waals surface area contributed by atoms with E-state index in [1.54, 1.807) is 11.0 Å². The molecule has 18 nitrogen and oxygen atoms in total. The Morgan fingerprint density at radius 1 is 0.946 bits per heavy atom. The van der Waals surface area contributed by atoms with Crippen LogP contribution in [0.15, 0.2) is 90.2 Å². The van der Waals surface area contributed by atoms with E-state index >= 15 is 0 Å². The number of nitriles is 1. The number of benzene rings is 4. The van der Waals surface area contributed by atoms with Gasteiger partial charge < -0.3 is 34.5 Å². The molecule has 6 aromatic rings. The molecule has 4 aromatic carbocycles. The lowest BCUT2D eigenvalue weighted by Gasteiger charge is -2.42. The molecule has 0 saturated carbocycles. The molecule has 19 heteroatoms. The Morgan fingerprint density at radius 3 is 2.46 bits per heavy atom. The summed E-state index contributed by atoms with van der Waals surface area (Å²) in [5, 5.41) is 40.3. The van der Waals surface area contributed by atoms with E-state index < -0.39 is 5.69 Å². The number of halogens is 1. The summed E-state index contributed by atoms with van der Waals surface area (Å²) in [6.07, 6.45) is 2.79. The Hall–Kier alpha value is -7.46. The summed E-state index contributed by atoms with van der Waals surface area (Å²) in [7, 11) is 2.03. The number of aromatic nitrogens is 5. The highest BCUT2D eigenvalue weighted by Crippen LogP contribution is 2.39. The van der Waals surface area contributed by atoms with E-state index in [1.807, 2.05) is 68.3 Å². The van der Waals surface area contributed by atoms with Crippen molar-refractivity contribution < 1.29 is 24.5 Å². The lowest BCUT2D eigenvalue weighted by atomic mass is 9.98. The van der Waals surface area contributed by atoms with E-state index in [4.69, 9.17) is 26.3 Å². The van der Waals surface area contributed by atoms with Gasteiger partial charge in [-0.1, -0.05) is 68.4 Å². The zero-order valence-electron chi connectivity index (χ0n) is 42.0. The number of nitrogens with one attached hydrogen (secondary N) is 1. The van der Waals surface area contributed by atoms with E-state index in [-0.39, 0.29) is 65.5 Å². The number of likely N-dealkylation sites (N-methyl/N-ethyl adjacent to an activating group) is 1. The Kier molecular flexibility index (Phi) is 14.3. The normalized spacial score (nSPS) is 19.5. The van der Waals surface area contributed by atoms with Crippen molar-refractivity contribution in [3.8, 4) is 40.7 Å². The van der Waals surface area contributed by atoms with Gasteiger partial charge in [0.1, 0.15) is 23.9 Å². The van der Waals surface area contributed by atoms with E-state index in [0.29, 0.717) is 113 Å². The molecule has 0 bridgehead atoms. The molecule has 6 heterocycles. The third-order valence-corrected chi connectivity index (χ3v) is 15.5. The molecule has 2 aromatic heterocycles. The number of aromatic hydroxyl groups is 2. The van der Waals surface area contributed by atoms with E-state index in [9.17, 15) is 29.9 Å². The first-order chi connectivity index (χ1) is 35.8. The summed E-state index contributed by atoms with van der Waals surface area (Å²) < 4.78 is 7.94. The third-order valence-electron chi connectivity index (χ3n) is 15.2. The fraction of sp³-hybridized carbons (Fsp3) is 0.400. The first-order valence-corrected chi connectivity index (χ1v) is 25.7. The summed E-state index contributed by atoms with van der Waals surface area (Å²) in [5.41, 5.74) is 5.04. The molecule has 74 heavy (non-hydrogen) atoms. The van der Waals surface area contributed by atoms with Crippen LogP contribution >= 0.6 is 11.6 Å². The van der Waals surface area contributed by atoms with Crippen LogP contribution in [0.1, 0.15) is 55.0 Å². The molecule has 2 amide bonds. The second-order valence-corrected chi connectivity index (χ2v) is 20.5. The number of likely N-dealkylation sites (tertiary alicyclic amines) is 1. The second-order valence-electron chi connectivity index (χ2n) is 20.1. The molecule has 0 aliphatic carbocycles. The largest absolute Gasteiger partial charge is 0.508 e. The summed E-state index contributed by atoms with van der Waals surface area (Å²) in [6.45, 7) is 14.4. The van der Waals surface area contributed by atoms with Crippen LogP contribution in [-0.4, -0.2) is 151 Å². The van der Waals surface area contributed by atoms with Gasteiger partial charge in [0.25, 0.3) is 0 Å². The van der Waals surface area contributed by atoms with Gasteiger partial charge in [-0.25, -0.2) is 14.5 Å². The maximum Gasteiger partial charge on any atom is 0.348 e. The van der Waals surface area contributed by atoms with E-state index in [1.165, 1.54) is 16.7 Å². The standard InChI is InChI=1S/C55H61ClN12O6/c1-5-49(71)67-25-24-66(31-39(67)16-18-57)51-41-17-19-65(46-11-7-9-36-8-6-10-44(56)50(36)46)32-45(41)58-54(59-51)74-33-40-26-37(30-62(40)4)53(72)64-22-20-63(21-23-64)29-35-12-14-38(15-13-35)68-52(60-61-55(68)73)43-27-42(34(2)3)47(69)28-48(43)70/h5-15,27-28,34,37,39-40,69-70H,1,16-17,19-26,29-33H2,2-4H3,(H,61,73)/t37-,39-,40-/m0/s1. The molecular weight excluding hydrogens is 960 g/mol. The van der Waals surface area contributed by atoms with Crippen molar-refractivity contribution in [2.75, 3.05) is 82.4 Å². The first-order valence-electron chi connectivity index (χ1n) is 25.3. The Labute approximate surface area is 434 Å². The molecule has 0 radical (unpaired) electrons. The van der Waals surface area contributed by atoms with Crippen molar-refractivity contribution in [3.63, 3.8) is 0 Å². The molecule has 4 aliphatic heterocycles. The molecule has 3 saturated heterocycles. The number of fused-ring (bicyclic) bond motifs is 2. The zero-order valence-corrected chi connectivity index (χ0v) is 42.7. The molecule has 384 valence electrons. The van der Waals surface area contributed by atoms with Crippen LogP contribution < -0.4 is 20.2 Å². The maximum absolute atomic E-state index is 14.1. The van der Waals surface area contributed by atoms with Crippen LogP contribution in [0.4, 0.5) is 11.5 Å². The number of anilines is 2. The molecule has 0 unspecified atom stereocenters. The van der Waals surface area contributed by atoms with Crippen LogP contribution in [0.25, 0.3) is 27.8 Å². The number of phenols is 2. The average Bonchev–Trinajstić information content (AvgIpc) is 3.98. The SMILES string of the molecule is C=CC(=O)N1CCN(c2nc(OC[C@@H]3C[C@H](C(=O)N4CCN(Cc5ccc(-n6c(-c7cc(C(C)C)c(O)cc7O)n[nH]c6=O)cc5)CC4)CN3C)nc3c2CCN(c2cccc4cccc(Cl)c24)C3)C[C@@H]1CC#N. The summed E-state index contributed by atoms with van der Waals surface area (Å²) in [6, 6.07) is 24.9. The number of carbonyl (C=O) groups is 2. The number of H-pyrrole nitrogens is 1. The van der Waals surface area contributed by atoms with Gasteiger partial charge >= 0.3 is 11.7 Å². The number of ether oxygens (including phenoxy) is 1. The van der Waals surface area contributed by atoms with Gasteiger partial charge in [0.2, 0.25) is 11.8 Å². The van der Waals surface area contributed by atoms with Gasteiger partial charge in [-0.3, -0.25) is 19.4 Å². The van der Waals surface area contributed by atoms with E-state index in [2.05, 4.69) is 60.6 Å². The molecule has 0 spiro atoms. The number of hydrogen-bond acceptors (Lipinski definition) is 14. The van der Waals surface area contributed by atoms with Crippen molar-refractivity contribution in [2.45, 2.75) is 64.2 Å². The minimum Gasteiger partial charge on any atom is -0.508 e. The van der Waals surface area contributed by atoms with Gasteiger partial charge in [-0.2, -0.15) is 20.3 Å². The molecule has 3 fully saturated rings. The molecular formula is C55H61ClN12O6. The predicted molar refractivity (Wildman–Crippen MR) is 283 cm³/mol. The number of phenolic OH excluding ortho intramolecular Hbond substituents is 2. The summed E-state index contributed by atoms with van der Waals surface area (Å²) in [5.74, 6) is 0.543. The number of nitrogens with zero attached hydrogens (tertiary/aromatic N) is 11. The number of hydrogen-bond donors (Lipinski definition) is 3. The second kappa shape index (κ2) is 21.2. The van der Waals surface area contributed by atoms with Gasteiger partial charge in [-0.15, -0.1) is 0 Å². The number of carbonyl (C=O) groups excluding carboxylic acids is 2. The quantitative estimate of drug-likeness (QED) is 0.112. The topological polar surface area (TPSA) is 204 Å². The number of aromatic amines is 1. The molecule has 10 rings (SSSR count). The fourth-order valence-corrected chi connectivity index (χ4v) is 11.4. The van der Waals surface area contributed by atoms with E-state index in [0.717, 1.165) is 39.1 Å². The van der Waals surface area contributed by atoms with Crippen LogP contribution in [0.5, 0.6) is 17.5 Å². The average molecular weight is 1020 g/mol. The van der Waals surface area contributed by atoms with Gasteiger partial charge in [-0.05, 0) is 78.7 Å². The summed E-state index contributed by atoms with van der Waals surface area (Å²) in [4.78, 5) is 62.7. The van der Waals surface area contributed by atoms with Crippen molar-refractivity contribution >= 4 is 45.7 Å². The van der Waals surface area contributed by atoms with Crippen molar-refractivity contribution in [1.82, 2.24) is 44.3 Å². The zero-order chi connectivity index (χ0) is 51.8. The van der Waals surface area contributed by atoms with Crippen LogP contribution in [0.3, 0.4) is 0 Å². The van der Waals surface area contributed by atoms with Gasteiger partial charge in [0.15, 0.2) is 5.82 Å². The Morgan fingerprint density at radius 2 is 1.72 bits per heavy atom. The minimum atomic E-state index is -0.452. The van der Waals surface area contributed by atoms with Crippen molar-refractivity contribution in [3.05, 3.63) is 123 Å². The Balaban J connectivity index is 0.784. The molecule has 3 N–H and O–H groups in total. The third kappa shape index (κ3) is 9.99. The van der Waals surface area contributed by atoms with Crippen molar-refractivity contribution in [2.24, 2.45) is 5.92 Å². The van der Waals surface area contributed by atoms with Crippen LogP contribution in [0.2, 0.25) is 5.02 Å². The van der Waals surface area contributed by atoms with Gasteiger partial charge in [0.05, 0.1) is 53.0 Å². The van der Waals surface area contributed by atoms with Crippen molar-refractivity contribution in [1.29, 1.82) is 5.26 Å². The summed E-state index contributed by atoms with van der Waals surface area (Å²) >= 11 is 6.81. The number of rotatable bonds is 13. The number of amides is 2. The smallest absolute Gasteiger partial charge is 0.348 e. The lowest BCUT2D eigenvalue weighted by molar-refractivity contribution is -0.137. The highest BCUT2D eigenvalue weighted by Gasteiger charge is 2.38.